The highest BCUT2D eigenvalue weighted by Gasteiger charge is 2.16. The van der Waals surface area contributed by atoms with Crippen molar-refractivity contribution in [1.82, 2.24) is 9.78 Å². The maximum atomic E-state index is 12.3. The van der Waals surface area contributed by atoms with Gasteiger partial charge in [0.05, 0.1) is 5.69 Å². The second kappa shape index (κ2) is 4.50. The number of aromatic nitrogens is 2. The molecule has 0 saturated heterocycles. The van der Waals surface area contributed by atoms with E-state index in [1.54, 1.807) is 11.6 Å². The summed E-state index contributed by atoms with van der Waals surface area (Å²) in [6.07, 6.45) is -1.67. The molecule has 1 heterocycles. The topological polar surface area (TPSA) is 43.8 Å². The van der Waals surface area contributed by atoms with E-state index in [9.17, 15) is 8.78 Å². The first-order valence-electron chi connectivity index (χ1n) is 4.67. The van der Waals surface area contributed by atoms with Crippen molar-refractivity contribution in [2.24, 2.45) is 5.73 Å². The highest BCUT2D eigenvalue weighted by molar-refractivity contribution is 5.14. The standard InChI is InChI=1S/C9H15F2N3/c1-3-4-14-8(6(2)12)5-7(13-14)9(10)11/h5-6,9H,3-4,12H2,1-2H3. The Kier molecular flexibility index (Phi) is 3.57. The molecule has 0 aliphatic carbocycles. The predicted molar refractivity (Wildman–Crippen MR) is 50.1 cm³/mol. The fourth-order valence-corrected chi connectivity index (χ4v) is 1.32. The van der Waals surface area contributed by atoms with Gasteiger partial charge in [-0.15, -0.1) is 0 Å². The zero-order valence-electron chi connectivity index (χ0n) is 8.37. The number of nitrogens with two attached hydrogens (primary N) is 1. The normalized spacial score (nSPS) is 13.6. The van der Waals surface area contributed by atoms with Crippen LogP contribution in [0.25, 0.3) is 0 Å². The Labute approximate surface area is 81.9 Å². The third-order valence-corrected chi connectivity index (χ3v) is 1.96. The first-order chi connectivity index (χ1) is 6.56. The highest BCUT2D eigenvalue weighted by Crippen LogP contribution is 2.21. The summed E-state index contributed by atoms with van der Waals surface area (Å²) in [5, 5.41) is 3.81. The molecule has 3 nitrogen and oxygen atoms in total. The molecular formula is C9H15F2N3. The molecule has 1 unspecified atom stereocenters. The van der Waals surface area contributed by atoms with Gasteiger partial charge in [0.25, 0.3) is 6.43 Å². The number of hydrogen-bond donors (Lipinski definition) is 1. The maximum Gasteiger partial charge on any atom is 0.282 e. The van der Waals surface area contributed by atoms with Gasteiger partial charge in [0.15, 0.2) is 0 Å². The minimum atomic E-state index is -2.52. The number of aryl methyl sites for hydroxylation is 1. The van der Waals surface area contributed by atoms with Gasteiger partial charge in [0.2, 0.25) is 0 Å². The minimum Gasteiger partial charge on any atom is -0.323 e. The quantitative estimate of drug-likeness (QED) is 0.815. The highest BCUT2D eigenvalue weighted by atomic mass is 19.3. The number of rotatable bonds is 4. The molecule has 1 atom stereocenters. The minimum absolute atomic E-state index is 0.189. The molecule has 1 aromatic rings. The van der Waals surface area contributed by atoms with Crippen LogP contribution < -0.4 is 5.73 Å². The molecule has 2 N–H and O–H groups in total. The zero-order valence-corrected chi connectivity index (χ0v) is 8.37. The lowest BCUT2D eigenvalue weighted by molar-refractivity contribution is 0.145. The van der Waals surface area contributed by atoms with Gasteiger partial charge in [0, 0.05) is 12.6 Å². The Morgan fingerprint density at radius 2 is 2.21 bits per heavy atom. The second-order valence-electron chi connectivity index (χ2n) is 3.31. The van der Waals surface area contributed by atoms with Crippen molar-refractivity contribution < 1.29 is 8.78 Å². The van der Waals surface area contributed by atoms with E-state index >= 15 is 0 Å². The van der Waals surface area contributed by atoms with Crippen LogP contribution in [-0.2, 0) is 6.54 Å². The van der Waals surface area contributed by atoms with Crippen LogP contribution in [0.1, 0.15) is 44.1 Å². The van der Waals surface area contributed by atoms with Gasteiger partial charge in [-0.3, -0.25) is 4.68 Å². The molecule has 1 aromatic heterocycles. The summed E-state index contributed by atoms with van der Waals surface area (Å²) in [5.41, 5.74) is 6.13. The molecule has 5 heteroatoms. The van der Waals surface area contributed by atoms with E-state index in [1.807, 2.05) is 6.92 Å². The van der Waals surface area contributed by atoms with Crippen LogP contribution >= 0.6 is 0 Å². The van der Waals surface area contributed by atoms with Crippen molar-refractivity contribution in [3.05, 3.63) is 17.5 Å². The summed E-state index contributed by atoms with van der Waals surface area (Å²) in [5.74, 6) is 0. The summed E-state index contributed by atoms with van der Waals surface area (Å²) in [6, 6.07) is 1.12. The van der Waals surface area contributed by atoms with Crippen molar-refractivity contribution in [2.45, 2.75) is 39.3 Å². The molecule has 0 aliphatic heterocycles. The van der Waals surface area contributed by atoms with E-state index in [0.29, 0.717) is 12.2 Å². The molecule has 0 bridgehead atoms. The van der Waals surface area contributed by atoms with Crippen LogP contribution in [0.15, 0.2) is 6.07 Å². The first-order valence-corrected chi connectivity index (χ1v) is 4.67. The van der Waals surface area contributed by atoms with Crippen molar-refractivity contribution in [1.29, 1.82) is 0 Å². The lowest BCUT2D eigenvalue weighted by atomic mass is 10.2. The molecule has 14 heavy (non-hydrogen) atoms. The van der Waals surface area contributed by atoms with E-state index in [-0.39, 0.29) is 11.7 Å². The number of alkyl halides is 2. The number of nitrogens with zero attached hydrogens (tertiary/aromatic N) is 2. The zero-order chi connectivity index (χ0) is 10.7. The largest absolute Gasteiger partial charge is 0.323 e. The first kappa shape index (κ1) is 11.1. The van der Waals surface area contributed by atoms with Crippen LogP contribution in [0, 0.1) is 0 Å². The molecular weight excluding hydrogens is 188 g/mol. The Balaban J connectivity index is 2.99. The van der Waals surface area contributed by atoms with Gasteiger partial charge in [-0.2, -0.15) is 5.10 Å². The Bertz CT molecular complexity index is 294. The molecule has 0 spiro atoms. The fourth-order valence-electron chi connectivity index (χ4n) is 1.32. The Hall–Kier alpha value is -0.970. The van der Waals surface area contributed by atoms with Crippen molar-refractivity contribution in [2.75, 3.05) is 0 Å². The van der Waals surface area contributed by atoms with Crippen LogP contribution in [0.4, 0.5) is 8.78 Å². The van der Waals surface area contributed by atoms with E-state index < -0.39 is 6.43 Å². The van der Waals surface area contributed by atoms with Gasteiger partial charge in [-0.25, -0.2) is 8.78 Å². The molecule has 0 saturated carbocycles. The molecule has 80 valence electrons. The molecule has 1 rings (SSSR count). The van der Waals surface area contributed by atoms with Crippen LogP contribution in [-0.4, -0.2) is 9.78 Å². The molecule has 0 aromatic carbocycles. The van der Waals surface area contributed by atoms with Gasteiger partial charge in [0.1, 0.15) is 5.69 Å². The van der Waals surface area contributed by atoms with E-state index in [4.69, 9.17) is 5.73 Å². The van der Waals surface area contributed by atoms with E-state index in [0.717, 1.165) is 6.42 Å². The molecule has 0 aliphatic rings. The smallest absolute Gasteiger partial charge is 0.282 e. The molecule has 0 fully saturated rings. The van der Waals surface area contributed by atoms with Gasteiger partial charge in [-0.1, -0.05) is 6.92 Å². The lowest BCUT2D eigenvalue weighted by Crippen LogP contribution is -2.13. The summed E-state index contributed by atoms with van der Waals surface area (Å²) in [6.45, 7) is 4.36. The number of hydrogen-bond acceptors (Lipinski definition) is 2. The number of halogens is 2. The lowest BCUT2D eigenvalue weighted by Gasteiger charge is -2.07. The van der Waals surface area contributed by atoms with Gasteiger partial charge < -0.3 is 5.73 Å². The maximum absolute atomic E-state index is 12.3. The van der Waals surface area contributed by atoms with E-state index in [1.165, 1.54) is 6.07 Å². The second-order valence-corrected chi connectivity index (χ2v) is 3.31. The third-order valence-electron chi connectivity index (χ3n) is 1.96. The molecule has 0 amide bonds. The average Bonchev–Trinajstić information content (AvgIpc) is 2.49. The summed E-state index contributed by atoms with van der Waals surface area (Å²) in [7, 11) is 0. The average molecular weight is 203 g/mol. The molecule has 0 radical (unpaired) electrons. The Morgan fingerprint density at radius 3 is 2.64 bits per heavy atom. The van der Waals surface area contributed by atoms with Crippen molar-refractivity contribution in [3.8, 4) is 0 Å². The van der Waals surface area contributed by atoms with E-state index in [2.05, 4.69) is 5.10 Å². The summed E-state index contributed by atoms with van der Waals surface area (Å²) >= 11 is 0. The van der Waals surface area contributed by atoms with Crippen LogP contribution in [0.5, 0.6) is 0 Å². The van der Waals surface area contributed by atoms with Gasteiger partial charge >= 0.3 is 0 Å². The van der Waals surface area contributed by atoms with Gasteiger partial charge in [-0.05, 0) is 19.4 Å². The SMILES string of the molecule is CCCn1nc(C(F)F)cc1C(C)N. The Morgan fingerprint density at radius 1 is 1.57 bits per heavy atom. The summed E-state index contributed by atoms with van der Waals surface area (Å²) in [4.78, 5) is 0. The predicted octanol–water partition coefficient (Wildman–Crippen LogP) is 2.25. The van der Waals surface area contributed by atoms with Crippen molar-refractivity contribution in [3.63, 3.8) is 0 Å². The monoisotopic (exact) mass is 203 g/mol. The fraction of sp³-hybridized carbons (Fsp3) is 0.667. The van der Waals surface area contributed by atoms with Crippen molar-refractivity contribution >= 4 is 0 Å². The van der Waals surface area contributed by atoms with Crippen LogP contribution in [0.3, 0.4) is 0 Å². The third kappa shape index (κ3) is 2.29. The van der Waals surface area contributed by atoms with Crippen LogP contribution in [0.2, 0.25) is 0 Å². The summed E-state index contributed by atoms with van der Waals surface area (Å²) < 4.78 is 26.3.